The van der Waals surface area contributed by atoms with Gasteiger partial charge < -0.3 is 21.1 Å². The molecule has 0 radical (unpaired) electrons. The van der Waals surface area contributed by atoms with E-state index >= 15 is 0 Å². The molecule has 1 aromatic carbocycles. The summed E-state index contributed by atoms with van der Waals surface area (Å²) >= 11 is 0. The summed E-state index contributed by atoms with van der Waals surface area (Å²) in [5, 5.41) is 20.3. The Kier molecular flexibility index (Phi) is 6.48. The van der Waals surface area contributed by atoms with Crippen LogP contribution in [0, 0.1) is 34.9 Å². The van der Waals surface area contributed by atoms with Crippen LogP contribution in [0.2, 0.25) is 0 Å². The standard InChI is InChI=1S/C25H36FN3O3/c1-14(23(31)27-17-7-8-17)19-9-11-25(3)12-10-20(15(2)21(25)22(19)30)29-24(32)28-18-6-4-5-16(26)13-18/h4-6,13-15,17,19-22,30H,7-12H2,1-3H3,(H,27,31)(H2,28,29,32)/t14?,15-,19+,20+,21-,22+,25+/m1/s1. The molecule has 3 aliphatic carbocycles. The van der Waals surface area contributed by atoms with E-state index in [1.54, 1.807) is 12.1 Å². The minimum absolute atomic E-state index is 0.000757. The highest BCUT2D eigenvalue weighted by molar-refractivity contribution is 5.89. The second-order valence-corrected chi connectivity index (χ2v) is 10.6. The van der Waals surface area contributed by atoms with Crippen LogP contribution in [0.25, 0.3) is 0 Å². The van der Waals surface area contributed by atoms with Gasteiger partial charge in [-0.3, -0.25) is 4.79 Å². The normalized spacial score (nSPS) is 35.3. The van der Waals surface area contributed by atoms with E-state index in [9.17, 15) is 19.1 Å². The fourth-order valence-corrected chi connectivity index (χ4v) is 6.15. The third kappa shape index (κ3) is 4.77. The Balaban J connectivity index is 1.42. The van der Waals surface area contributed by atoms with Crippen molar-refractivity contribution in [2.24, 2.45) is 29.1 Å². The number of aliphatic hydroxyl groups is 1. The number of aliphatic hydroxyl groups excluding tert-OH is 1. The second kappa shape index (κ2) is 9.00. The number of nitrogens with one attached hydrogen (secondary N) is 3. The third-order valence-electron chi connectivity index (χ3n) is 8.27. The first-order valence-corrected chi connectivity index (χ1v) is 12.0. The Hall–Kier alpha value is -2.15. The molecule has 3 amide bonds. The lowest BCUT2D eigenvalue weighted by atomic mass is 9.52. The van der Waals surface area contributed by atoms with Crippen molar-refractivity contribution in [3.8, 4) is 0 Å². The van der Waals surface area contributed by atoms with Crippen molar-refractivity contribution in [1.82, 2.24) is 10.6 Å². The van der Waals surface area contributed by atoms with Gasteiger partial charge in [0.25, 0.3) is 0 Å². The Morgan fingerprint density at radius 2 is 1.88 bits per heavy atom. The van der Waals surface area contributed by atoms with Crippen LogP contribution in [-0.2, 0) is 4.79 Å². The zero-order valence-electron chi connectivity index (χ0n) is 19.2. The maximum Gasteiger partial charge on any atom is 0.319 e. The Labute approximate surface area is 189 Å². The molecule has 3 aliphatic rings. The largest absolute Gasteiger partial charge is 0.392 e. The third-order valence-corrected chi connectivity index (χ3v) is 8.27. The van der Waals surface area contributed by atoms with Crippen LogP contribution in [0.4, 0.5) is 14.9 Å². The topological polar surface area (TPSA) is 90.5 Å². The molecule has 4 rings (SSSR count). The molecule has 0 saturated heterocycles. The summed E-state index contributed by atoms with van der Waals surface area (Å²) in [6.07, 6.45) is 5.09. The van der Waals surface area contributed by atoms with Gasteiger partial charge in [0.1, 0.15) is 5.82 Å². The molecule has 6 nitrogen and oxygen atoms in total. The number of carbonyl (C=O) groups excluding carboxylic acids is 2. The molecule has 4 N–H and O–H groups in total. The highest BCUT2D eigenvalue weighted by Crippen LogP contribution is 2.55. The fraction of sp³-hybridized carbons (Fsp3) is 0.680. The quantitative estimate of drug-likeness (QED) is 0.551. The zero-order valence-corrected chi connectivity index (χ0v) is 19.2. The summed E-state index contributed by atoms with van der Waals surface area (Å²) in [5.74, 6) is -0.594. The number of amides is 3. The average molecular weight is 446 g/mol. The Bertz CT molecular complexity index is 861. The van der Waals surface area contributed by atoms with Crippen molar-refractivity contribution in [2.45, 2.75) is 77.5 Å². The van der Waals surface area contributed by atoms with Gasteiger partial charge in [-0.25, -0.2) is 9.18 Å². The second-order valence-electron chi connectivity index (χ2n) is 10.6. The molecule has 32 heavy (non-hydrogen) atoms. The molecule has 176 valence electrons. The van der Waals surface area contributed by atoms with Gasteiger partial charge in [-0.15, -0.1) is 0 Å². The summed E-state index contributed by atoms with van der Waals surface area (Å²) in [5.41, 5.74) is 0.406. The lowest BCUT2D eigenvalue weighted by Crippen LogP contribution is -2.59. The van der Waals surface area contributed by atoms with Crippen LogP contribution in [-0.4, -0.2) is 35.2 Å². The lowest BCUT2D eigenvalue weighted by molar-refractivity contribution is -0.142. The molecule has 0 aliphatic heterocycles. The predicted molar refractivity (Wildman–Crippen MR) is 121 cm³/mol. The predicted octanol–water partition coefficient (Wildman–Crippen LogP) is 4.05. The first kappa shape index (κ1) is 23.0. The maximum atomic E-state index is 13.4. The number of benzene rings is 1. The summed E-state index contributed by atoms with van der Waals surface area (Å²) in [6.45, 7) is 6.27. The monoisotopic (exact) mass is 445 g/mol. The van der Waals surface area contributed by atoms with E-state index in [1.807, 2.05) is 6.92 Å². The van der Waals surface area contributed by atoms with E-state index in [4.69, 9.17) is 0 Å². The molecule has 1 unspecified atom stereocenters. The number of urea groups is 1. The highest BCUT2D eigenvalue weighted by atomic mass is 19.1. The number of fused-ring (bicyclic) bond motifs is 1. The van der Waals surface area contributed by atoms with Crippen molar-refractivity contribution in [3.05, 3.63) is 30.1 Å². The molecule has 0 aromatic heterocycles. The molecule has 0 heterocycles. The van der Waals surface area contributed by atoms with Gasteiger partial charge in [0.15, 0.2) is 0 Å². The number of rotatable bonds is 5. The molecule has 7 atom stereocenters. The minimum atomic E-state index is -0.584. The SMILES string of the molecule is CC(C(=O)NC1CC1)[C@@H]1CC[C@@]2(C)CC[C@H](NC(=O)Nc3cccc(F)c3)[C@@H](C)[C@@H]2[C@H]1O. The number of hydrogen-bond acceptors (Lipinski definition) is 3. The number of halogens is 1. The minimum Gasteiger partial charge on any atom is -0.392 e. The fourth-order valence-electron chi connectivity index (χ4n) is 6.15. The molecular weight excluding hydrogens is 409 g/mol. The van der Waals surface area contributed by atoms with Crippen molar-refractivity contribution in [1.29, 1.82) is 0 Å². The molecule has 3 saturated carbocycles. The number of anilines is 1. The van der Waals surface area contributed by atoms with Gasteiger partial charge in [0.2, 0.25) is 5.91 Å². The summed E-state index contributed by atoms with van der Waals surface area (Å²) in [4.78, 5) is 25.2. The van der Waals surface area contributed by atoms with Gasteiger partial charge in [0, 0.05) is 23.7 Å². The van der Waals surface area contributed by atoms with Crippen LogP contribution in [0.3, 0.4) is 0 Å². The highest BCUT2D eigenvalue weighted by Gasteiger charge is 2.54. The van der Waals surface area contributed by atoms with Gasteiger partial charge in [-0.2, -0.15) is 0 Å². The van der Waals surface area contributed by atoms with E-state index in [0.717, 1.165) is 38.5 Å². The van der Waals surface area contributed by atoms with Gasteiger partial charge in [-0.1, -0.05) is 26.8 Å². The molecular formula is C25H36FN3O3. The number of carbonyl (C=O) groups is 2. The summed E-state index contributed by atoms with van der Waals surface area (Å²) in [7, 11) is 0. The van der Waals surface area contributed by atoms with E-state index in [-0.39, 0.29) is 47.1 Å². The summed E-state index contributed by atoms with van der Waals surface area (Å²) in [6, 6.07) is 5.67. The molecule has 3 fully saturated rings. The lowest BCUT2D eigenvalue weighted by Gasteiger charge is -2.56. The molecule has 7 heteroatoms. The van der Waals surface area contributed by atoms with Crippen LogP contribution in [0.1, 0.15) is 59.3 Å². The van der Waals surface area contributed by atoms with Crippen LogP contribution in [0.5, 0.6) is 0 Å². The maximum absolute atomic E-state index is 13.4. The molecule has 1 aromatic rings. The van der Waals surface area contributed by atoms with Crippen molar-refractivity contribution < 1.29 is 19.1 Å². The van der Waals surface area contributed by atoms with Crippen LogP contribution in [0.15, 0.2) is 24.3 Å². The molecule has 0 bridgehead atoms. The van der Waals surface area contributed by atoms with Gasteiger partial charge in [0.05, 0.1) is 6.10 Å². The summed E-state index contributed by atoms with van der Waals surface area (Å²) < 4.78 is 13.4. The number of hydrogen-bond donors (Lipinski definition) is 4. The Morgan fingerprint density at radius 1 is 1.16 bits per heavy atom. The Morgan fingerprint density at radius 3 is 2.56 bits per heavy atom. The first-order valence-electron chi connectivity index (χ1n) is 12.0. The van der Waals surface area contributed by atoms with Gasteiger partial charge in [-0.05, 0) is 79.9 Å². The van der Waals surface area contributed by atoms with Gasteiger partial charge >= 0.3 is 6.03 Å². The zero-order chi connectivity index (χ0) is 23.0. The van der Waals surface area contributed by atoms with E-state index in [2.05, 4.69) is 29.8 Å². The van der Waals surface area contributed by atoms with E-state index in [0.29, 0.717) is 11.7 Å². The molecule has 0 spiro atoms. The first-order chi connectivity index (χ1) is 15.2. The van der Waals surface area contributed by atoms with Crippen LogP contribution < -0.4 is 16.0 Å². The smallest absolute Gasteiger partial charge is 0.319 e. The van der Waals surface area contributed by atoms with Crippen molar-refractivity contribution in [2.75, 3.05) is 5.32 Å². The van der Waals surface area contributed by atoms with Crippen LogP contribution >= 0.6 is 0 Å². The average Bonchev–Trinajstić information content (AvgIpc) is 3.54. The van der Waals surface area contributed by atoms with Crippen molar-refractivity contribution >= 4 is 17.6 Å². The van der Waals surface area contributed by atoms with E-state index < -0.39 is 11.9 Å². The van der Waals surface area contributed by atoms with E-state index in [1.165, 1.54) is 12.1 Å². The van der Waals surface area contributed by atoms with Crippen molar-refractivity contribution in [3.63, 3.8) is 0 Å².